The van der Waals surface area contributed by atoms with Crippen molar-refractivity contribution in [2.45, 2.75) is 4.90 Å². The van der Waals surface area contributed by atoms with E-state index in [1.807, 2.05) is 18.2 Å². The van der Waals surface area contributed by atoms with Gasteiger partial charge in [-0.2, -0.15) is 0 Å². The number of thioether (sulfide) groups is 1. The van der Waals surface area contributed by atoms with Crippen LogP contribution in [0.15, 0.2) is 57.8 Å². The van der Waals surface area contributed by atoms with Crippen molar-refractivity contribution in [2.75, 3.05) is 5.75 Å². The molecule has 1 heterocycles. The highest BCUT2D eigenvalue weighted by Crippen LogP contribution is 2.28. The van der Waals surface area contributed by atoms with Gasteiger partial charge in [0, 0.05) is 10.3 Å². The molecule has 5 heteroatoms. The maximum absolute atomic E-state index is 13.1. The number of fused-ring (bicyclic) bond motifs is 1. The van der Waals surface area contributed by atoms with Gasteiger partial charge in [-0.1, -0.05) is 23.7 Å². The molecule has 0 aliphatic carbocycles. The normalized spacial score (nSPS) is 11.0. The van der Waals surface area contributed by atoms with E-state index in [9.17, 15) is 9.18 Å². The lowest BCUT2D eigenvalue weighted by atomic mass is 10.2. The minimum absolute atomic E-state index is 0.156. The smallest absolute Gasteiger partial charge is 0.208 e. The number of halogens is 2. The number of furan rings is 1. The molecule has 0 fully saturated rings. The first kappa shape index (κ1) is 14.2. The van der Waals surface area contributed by atoms with E-state index in [0.29, 0.717) is 16.0 Å². The van der Waals surface area contributed by atoms with Crippen LogP contribution >= 0.6 is 23.4 Å². The van der Waals surface area contributed by atoms with Crippen molar-refractivity contribution in [3.8, 4) is 0 Å². The van der Waals surface area contributed by atoms with E-state index in [2.05, 4.69) is 0 Å². The standard InChI is InChI=1S/C16H10ClFO2S/c17-12-3-1-2-4-16(12)21-9-13(19)15-8-10-7-11(18)5-6-14(10)20-15/h1-8H,9H2. The minimum Gasteiger partial charge on any atom is -0.453 e. The maximum Gasteiger partial charge on any atom is 0.208 e. The van der Waals surface area contributed by atoms with Crippen LogP contribution in [0.1, 0.15) is 10.6 Å². The summed E-state index contributed by atoms with van der Waals surface area (Å²) in [5, 5.41) is 1.20. The number of hydrogen-bond donors (Lipinski definition) is 0. The summed E-state index contributed by atoms with van der Waals surface area (Å²) in [6.45, 7) is 0. The molecule has 2 aromatic carbocycles. The molecule has 0 spiro atoms. The Labute approximate surface area is 129 Å². The first-order valence-electron chi connectivity index (χ1n) is 6.23. The highest BCUT2D eigenvalue weighted by Gasteiger charge is 2.14. The van der Waals surface area contributed by atoms with E-state index in [0.717, 1.165) is 4.90 Å². The number of benzene rings is 2. The van der Waals surface area contributed by atoms with E-state index in [1.54, 1.807) is 12.1 Å². The molecule has 0 amide bonds. The Morgan fingerprint density at radius 2 is 2.00 bits per heavy atom. The predicted octanol–water partition coefficient (Wildman–Crippen LogP) is 5.20. The van der Waals surface area contributed by atoms with Gasteiger partial charge in [-0.05, 0) is 36.4 Å². The van der Waals surface area contributed by atoms with Crippen molar-refractivity contribution in [3.63, 3.8) is 0 Å². The quantitative estimate of drug-likeness (QED) is 0.489. The molecule has 0 unspecified atom stereocenters. The van der Waals surface area contributed by atoms with Crippen molar-refractivity contribution < 1.29 is 13.6 Å². The highest BCUT2D eigenvalue weighted by atomic mass is 35.5. The first-order chi connectivity index (χ1) is 10.1. The third-order valence-electron chi connectivity index (χ3n) is 2.95. The van der Waals surface area contributed by atoms with E-state index in [1.165, 1.54) is 30.0 Å². The van der Waals surface area contributed by atoms with Crippen molar-refractivity contribution >= 4 is 40.1 Å². The number of carbonyl (C=O) groups is 1. The lowest BCUT2D eigenvalue weighted by molar-refractivity contribution is 0.0994. The molecule has 0 aliphatic rings. The number of rotatable bonds is 4. The zero-order valence-corrected chi connectivity index (χ0v) is 12.4. The summed E-state index contributed by atoms with van der Waals surface area (Å²) in [7, 11) is 0. The first-order valence-corrected chi connectivity index (χ1v) is 7.59. The average molecular weight is 321 g/mol. The molecule has 3 aromatic rings. The van der Waals surface area contributed by atoms with Crippen molar-refractivity contribution in [1.82, 2.24) is 0 Å². The Morgan fingerprint density at radius 1 is 1.19 bits per heavy atom. The number of hydrogen-bond acceptors (Lipinski definition) is 3. The summed E-state index contributed by atoms with van der Waals surface area (Å²) in [4.78, 5) is 13.0. The Balaban J connectivity index is 1.76. The second-order valence-corrected chi connectivity index (χ2v) is 5.86. The molecule has 21 heavy (non-hydrogen) atoms. The molecule has 0 bridgehead atoms. The third kappa shape index (κ3) is 3.12. The second-order valence-electron chi connectivity index (χ2n) is 4.44. The Bertz CT molecular complexity index is 813. The fourth-order valence-electron chi connectivity index (χ4n) is 1.93. The predicted molar refractivity (Wildman–Crippen MR) is 82.7 cm³/mol. The fourth-order valence-corrected chi connectivity index (χ4v) is 3.04. The molecule has 3 rings (SSSR count). The van der Waals surface area contributed by atoms with E-state index >= 15 is 0 Å². The van der Waals surface area contributed by atoms with Crippen LogP contribution in [0, 0.1) is 5.82 Å². The second kappa shape index (κ2) is 5.92. The van der Waals surface area contributed by atoms with Gasteiger partial charge >= 0.3 is 0 Å². The topological polar surface area (TPSA) is 30.2 Å². The lowest BCUT2D eigenvalue weighted by Gasteiger charge is -2.01. The van der Waals surface area contributed by atoms with Gasteiger partial charge in [0.25, 0.3) is 0 Å². The minimum atomic E-state index is -0.354. The van der Waals surface area contributed by atoms with Gasteiger partial charge in [-0.3, -0.25) is 4.79 Å². The average Bonchev–Trinajstić information content (AvgIpc) is 2.89. The molecule has 106 valence electrons. The van der Waals surface area contributed by atoms with Gasteiger partial charge in [-0.25, -0.2) is 4.39 Å². The molecule has 0 N–H and O–H groups in total. The van der Waals surface area contributed by atoms with Crippen molar-refractivity contribution in [2.24, 2.45) is 0 Å². The summed E-state index contributed by atoms with van der Waals surface area (Å²) in [6, 6.07) is 13.1. The fraction of sp³-hybridized carbons (Fsp3) is 0.0625. The molecule has 0 atom stereocenters. The van der Waals surface area contributed by atoms with Crippen molar-refractivity contribution in [3.05, 3.63) is 65.1 Å². The Kier molecular flexibility index (Phi) is 3.99. The zero-order valence-electron chi connectivity index (χ0n) is 10.8. The summed E-state index contributed by atoms with van der Waals surface area (Å²) in [6.07, 6.45) is 0. The summed E-state index contributed by atoms with van der Waals surface area (Å²) >= 11 is 7.39. The van der Waals surface area contributed by atoms with E-state index in [-0.39, 0.29) is 23.1 Å². The molecule has 0 saturated carbocycles. The molecule has 1 aromatic heterocycles. The largest absolute Gasteiger partial charge is 0.453 e. The number of Topliss-reactive ketones (excluding diaryl/α,β-unsaturated/α-hetero) is 1. The van der Waals surface area contributed by atoms with Crippen LogP contribution in [0.2, 0.25) is 5.02 Å². The third-order valence-corrected chi connectivity index (χ3v) is 4.46. The zero-order chi connectivity index (χ0) is 14.8. The number of carbonyl (C=O) groups excluding carboxylic acids is 1. The van der Waals surface area contributed by atoms with Crippen LogP contribution in [0.5, 0.6) is 0 Å². The van der Waals surface area contributed by atoms with E-state index < -0.39 is 0 Å². The SMILES string of the molecule is O=C(CSc1ccccc1Cl)c1cc2cc(F)ccc2o1. The van der Waals surface area contributed by atoms with Gasteiger partial charge in [0.1, 0.15) is 11.4 Å². The van der Waals surface area contributed by atoms with Crippen LogP contribution in [-0.2, 0) is 0 Å². The Hall–Kier alpha value is -1.78. The summed E-state index contributed by atoms with van der Waals surface area (Å²) in [5.74, 6) is -0.0640. The molecule has 0 saturated heterocycles. The monoisotopic (exact) mass is 320 g/mol. The molecule has 0 aliphatic heterocycles. The van der Waals surface area contributed by atoms with Crippen LogP contribution in [0.4, 0.5) is 4.39 Å². The number of ketones is 1. The van der Waals surface area contributed by atoms with Gasteiger partial charge in [0.2, 0.25) is 5.78 Å². The van der Waals surface area contributed by atoms with Crippen LogP contribution in [0.25, 0.3) is 11.0 Å². The van der Waals surface area contributed by atoms with Crippen LogP contribution in [0.3, 0.4) is 0 Å². The lowest BCUT2D eigenvalue weighted by Crippen LogP contribution is -2.00. The maximum atomic E-state index is 13.1. The Morgan fingerprint density at radius 3 is 2.81 bits per heavy atom. The van der Waals surface area contributed by atoms with Gasteiger partial charge in [0.15, 0.2) is 5.76 Å². The van der Waals surface area contributed by atoms with Gasteiger partial charge in [0.05, 0.1) is 10.8 Å². The molecular weight excluding hydrogens is 311 g/mol. The van der Waals surface area contributed by atoms with Crippen molar-refractivity contribution in [1.29, 1.82) is 0 Å². The molecule has 0 radical (unpaired) electrons. The summed E-state index contributed by atoms with van der Waals surface area (Å²) in [5.41, 5.74) is 0.502. The van der Waals surface area contributed by atoms with Crippen LogP contribution in [-0.4, -0.2) is 11.5 Å². The molecule has 2 nitrogen and oxygen atoms in total. The van der Waals surface area contributed by atoms with Crippen LogP contribution < -0.4 is 0 Å². The summed E-state index contributed by atoms with van der Waals surface area (Å²) < 4.78 is 18.6. The van der Waals surface area contributed by atoms with Gasteiger partial charge < -0.3 is 4.42 Å². The highest BCUT2D eigenvalue weighted by molar-refractivity contribution is 8.00. The molecular formula is C16H10ClFO2S. The van der Waals surface area contributed by atoms with E-state index in [4.69, 9.17) is 16.0 Å². The van der Waals surface area contributed by atoms with Gasteiger partial charge in [-0.15, -0.1) is 11.8 Å².